The van der Waals surface area contributed by atoms with Crippen LogP contribution in [-0.4, -0.2) is 40.8 Å². The molecule has 124 valence electrons. The van der Waals surface area contributed by atoms with Crippen molar-refractivity contribution < 1.29 is 9.47 Å². The zero-order valence-electron chi connectivity index (χ0n) is 13.5. The summed E-state index contributed by atoms with van der Waals surface area (Å²) in [4.78, 5) is 5.68. The summed E-state index contributed by atoms with van der Waals surface area (Å²) in [6.07, 6.45) is 5.78. The summed E-state index contributed by atoms with van der Waals surface area (Å²) >= 11 is 1.72. The van der Waals surface area contributed by atoms with Gasteiger partial charge in [0.25, 0.3) is 0 Å². The number of nitrogens with zero attached hydrogens (tertiary/aromatic N) is 2. The molecule has 0 saturated carbocycles. The van der Waals surface area contributed by atoms with Gasteiger partial charge in [0.15, 0.2) is 0 Å². The van der Waals surface area contributed by atoms with Crippen LogP contribution in [0.25, 0.3) is 22.2 Å². The highest BCUT2D eigenvalue weighted by Crippen LogP contribution is 2.34. The minimum Gasteiger partial charge on any atom is -0.474 e. The molecule has 0 radical (unpaired) electrons. The molecule has 0 atom stereocenters. The van der Waals surface area contributed by atoms with Crippen LogP contribution < -0.4 is 4.74 Å². The smallest absolute Gasteiger partial charge is 0.225 e. The van der Waals surface area contributed by atoms with Crippen molar-refractivity contribution in [1.29, 1.82) is 0 Å². The van der Waals surface area contributed by atoms with E-state index < -0.39 is 0 Å². The number of pyridine rings is 1. The average Bonchev–Trinajstić information content (AvgIpc) is 3.08. The van der Waals surface area contributed by atoms with Gasteiger partial charge < -0.3 is 9.47 Å². The van der Waals surface area contributed by atoms with E-state index in [1.54, 1.807) is 18.0 Å². The van der Waals surface area contributed by atoms with Crippen molar-refractivity contribution >= 4 is 22.7 Å². The van der Waals surface area contributed by atoms with Crippen LogP contribution in [0.15, 0.2) is 41.4 Å². The van der Waals surface area contributed by atoms with Crippen LogP contribution in [-0.2, 0) is 4.74 Å². The van der Waals surface area contributed by atoms with E-state index >= 15 is 0 Å². The number of thioether (sulfide) groups is 1. The van der Waals surface area contributed by atoms with Gasteiger partial charge in [-0.2, -0.15) is 5.10 Å². The van der Waals surface area contributed by atoms with Gasteiger partial charge in [-0.05, 0) is 24.5 Å². The van der Waals surface area contributed by atoms with E-state index in [0.717, 1.165) is 48.2 Å². The van der Waals surface area contributed by atoms with Crippen molar-refractivity contribution in [2.24, 2.45) is 0 Å². The first kappa shape index (κ1) is 15.5. The van der Waals surface area contributed by atoms with Crippen LogP contribution in [0.5, 0.6) is 5.88 Å². The number of ether oxygens (including phenoxy) is 2. The maximum Gasteiger partial charge on any atom is 0.225 e. The number of aromatic nitrogens is 3. The number of aromatic amines is 1. The summed E-state index contributed by atoms with van der Waals surface area (Å²) in [5, 5.41) is 8.56. The van der Waals surface area contributed by atoms with Crippen molar-refractivity contribution in [1.82, 2.24) is 15.2 Å². The van der Waals surface area contributed by atoms with Crippen molar-refractivity contribution in [3.63, 3.8) is 0 Å². The van der Waals surface area contributed by atoms with Gasteiger partial charge in [-0.3, -0.25) is 5.10 Å². The lowest BCUT2D eigenvalue weighted by Crippen LogP contribution is -2.26. The van der Waals surface area contributed by atoms with Gasteiger partial charge in [-0.15, -0.1) is 11.8 Å². The lowest BCUT2D eigenvalue weighted by Gasteiger charge is -2.23. The van der Waals surface area contributed by atoms with E-state index in [1.807, 2.05) is 6.07 Å². The molecule has 1 aromatic carbocycles. The molecule has 3 aromatic rings. The molecule has 0 spiro atoms. The van der Waals surface area contributed by atoms with E-state index in [-0.39, 0.29) is 6.10 Å². The molecular weight excluding hydrogens is 322 g/mol. The number of H-pyrrole nitrogens is 1. The number of hydrogen-bond acceptors (Lipinski definition) is 5. The predicted octanol–water partition coefficient (Wildman–Crippen LogP) is 3.90. The van der Waals surface area contributed by atoms with E-state index in [1.165, 1.54) is 4.90 Å². The number of rotatable bonds is 4. The van der Waals surface area contributed by atoms with E-state index in [4.69, 9.17) is 9.47 Å². The molecule has 1 aliphatic heterocycles. The molecule has 1 fully saturated rings. The zero-order chi connectivity index (χ0) is 16.4. The second kappa shape index (κ2) is 6.83. The Balaban J connectivity index is 1.76. The van der Waals surface area contributed by atoms with E-state index in [9.17, 15) is 0 Å². The fraction of sp³-hybridized carbons (Fsp3) is 0.333. The lowest BCUT2D eigenvalue weighted by atomic mass is 10.1. The molecule has 5 nitrogen and oxygen atoms in total. The third-order valence-electron chi connectivity index (χ3n) is 4.23. The Kier molecular flexibility index (Phi) is 4.40. The lowest BCUT2D eigenvalue weighted by molar-refractivity contribution is 0.0244. The molecule has 6 heteroatoms. The average molecular weight is 341 g/mol. The Morgan fingerprint density at radius 2 is 2.12 bits per heavy atom. The second-order valence-corrected chi connectivity index (χ2v) is 6.65. The number of fused-ring (bicyclic) bond motifs is 1. The van der Waals surface area contributed by atoms with Gasteiger partial charge in [-0.25, -0.2) is 4.98 Å². The number of hydrogen-bond donors (Lipinski definition) is 1. The van der Waals surface area contributed by atoms with Crippen molar-refractivity contribution in [2.45, 2.75) is 23.8 Å². The Labute approximate surface area is 144 Å². The van der Waals surface area contributed by atoms with Gasteiger partial charge >= 0.3 is 0 Å². The monoisotopic (exact) mass is 341 g/mol. The number of benzene rings is 1. The van der Waals surface area contributed by atoms with Crippen LogP contribution in [0, 0.1) is 0 Å². The summed E-state index contributed by atoms with van der Waals surface area (Å²) in [6, 6.07) is 10.3. The van der Waals surface area contributed by atoms with E-state index in [2.05, 4.69) is 45.7 Å². The maximum absolute atomic E-state index is 6.19. The number of nitrogens with one attached hydrogen (secondary N) is 1. The topological polar surface area (TPSA) is 60.0 Å². The second-order valence-electron chi connectivity index (χ2n) is 5.77. The Bertz CT molecular complexity index is 843. The van der Waals surface area contributed by atoms with Gasteiger partial charge in [0.2, 0.25) is 5.88 Å². The molecule has 0 unspecified atom stereocenters. The summed E-state index contributed by atoms with van der Waals surface area (Å²) in [5.74, 6) is 0.651. The largest absolute Gasteiger partial charge is 0.474 e. The molecule has 24 heavy (non-hydrogen) atoms. The van der Waals surface area contributed by atoms with Gasteiger partial charge in [-0.1, -0.05) is 12.1 Å². The molecule has 0 amide bonds. The highest BCUT2D eigenvalue weighted by molar-refractivity contribution is 7.98. The van der Waals surface area contributed by atoms with Gasteiger partial charge in [0, 0.05) is 29.5 Å². The first-order valence-corrected chi connectivity index (χ1v) is 9.29. The molecule has 1 N–H and O–H groups in total. The zero-order valence-corrected chi connectivity index (χ0v) is 14.3. The third kappa shape index (κ3) is 2.99. The van der Waals surface area contributed by atoms with E-state index in [0.29, 0.717) is 5.88 Å². The summed E-state index contributed by atoms with van der Waals surface area (Å²) in [6.45, 7) is 1.49. The van der Waals surface area contributed by atoms with Crippen LogP contribution in [0.4, 0.5) is 0 Å². The normalized spacial score (nSPS) is 15.7. The first-order valence-electron chi connectivity index (χ1n) is 8.07. The fourth-order valence-electron chi connectivity index (χ4n) is 2.96. The molecule has 1 aliphatic rings. The highest BCUT2D eigenvalue weighted by Gasteiger charge is 2.20. The van der Waals surface area contributed by atoms with Crippen molar-refractivity contribution in [3.05, 3.63) is 36.5 Å². The van der Waals surface area contributed by atoms with Crippen molar-refractivity contribution in [3.8, 4) is 17.1 Å². The van der Waals surface area contributed by atoms with Crippen LogP contribution in [0.3, 0.4) is 0 Å². The summed E-state index contributed by atoms with van der Waals surface area (Å²) in [5.41, 5.74) is 2.89. The molecule has 1 saturated heterocycles. The standard InChI is InChI=1S/C18H19N3O2S/c1-24-14-4-2-3-12(11-14)17-16-15(20-21-17)5-8-19-18(16)23-13-6-9-22-10-7-13/h2-5,8,11,13H,6-7,9-10H2,1H3,(H,20,21). The maximum atomic E-state index is 6.19. The van der Waals surface area contributed by atoms with Gasteiger partial charge in [0.05, 0.1) is 24.1 Å². The minimum absolute atomic E-state index is 0.150. The summed E-state index contributed by atoms with van der Waals surface area (Å²) in [7, 11) is 0. The molecule has 2 aromatic heterocycles. The molecule has 0 bridgehead atoms. The minimum atomic E-state index is 0.150. The Morgan fingerprint density at radius 1 is 1.25 bits per heavy atom. The highest BCUT2D eigenvalue weighted by atomic mass is 32.2. The Morgan fingerprint density at radius 3 is 2.96 bits per heavy atom. The molecule has 0 aliphatic carbocycles. The van der Waals surface area contributed by atoms with Crippen LogP contribution in [0.1, 0.15) is 12.8 Å². The Hall–Kier alpha value is -2.05. The van der Waals surface area contributed by atoms with Crippen LogP contribution in [0.2, 0.25) is 0 Å². The molecular formula is C18H19N3O2S. The first-order chi connectivity index (χ1) is 11.8. The van der Waals surface area contributed by atoms with Crippen molar-refractivity contribution in [2.75, 3.05) is 19.5 Å². The molecule has 3 heterocycles. The predicted molar refractivity (Wildman–Crippen MR) is 95.6 cm³/mol. The van der Waals surface area contributed by atoms with Crippen LogP contribution >= 0.6 is 11.8 Å². The van der Waals surface area contributed by atoms with Gasteiger partial charge in [0.1, 0.15) is 11.8 Å². The third-order valence-corrected chi connectivity index (χ3v) is 4.96. The fourth-order valence-corrected chi connectivity index (χ4v) is 3.42. The SMILES string of the molecule is CSc1cccc(-c2n[nH]c3ccnc(OC4CCOCC4)c23)c1. The quantitative estimate of drug-likeness (QED) is 0.729. The molecule has 4 rings (SSSR count). The summed E-state index contributed by atoms with van der Waals surface area (Å²) < 4.78 is 11.6.